The summed E-state index contributed by atoms with van der Waals surface area (Å²) in [4.78, 5) is 13.4. The number of aromatic nitrogens is 2. The van der Waals surface area contributed by atoms with E-state index >= 15 is 0 Å². The largest absolute Gasteiger partial charge is 0.367 e. The molecule has 4 nitrogen and oxygen atoms in total. The van der Waals surface area contributed by atoms with Crippen molar-refractivity contribution in [2.45, 2.75) is 0 Å². The summed E-state index contributed by atoms with van der Waals surface area (Å²) in [5.41, 5.74) is 3.40. The van der Waals surface area contributed by atoms with E-state index in [1.54, 1.807) is 0 Å². The zero-order chi connectivity index (χ0) is 13.1. The zero-order valence-corrected chi connectivity index (χ0v) is 11.2. The van der Waals surface area contributed by atoms with Gasteiger partial charge in [-0.3, -0.25) is 9.97 Å². The number of anilines is 1. The number of hydrogen-bond donors (Lipinski definition) is 0. The van der Waals surface area contributed by atoms with Crippen LogP contribution in [0.2, 0.25) is 0 Å². The average Bonchev–Trinajstić information content (AvgIpc) is 2.49. The third-order valence-corrected chi connectivity index (χ3v) is 3.58. The molecule has 3 rings (SSSR count). The van der Waals surface area contributed by atoms with Crippen molar-refractivity contribution in [1.82, 2.24) is 14.9 Å². The summed E-state index contributed by atoms with van der Waals surface area (Å²) in [6.07, 6.45) is 5.49. The molecule has 3 heterocycles. The second kappa shape index (κ2) is 5.36. The van der Waals surface area contributed by atoms with Gasteiger partial charge in [0, 0.05) is 50.3 Å². The molecule has 4 heteroatoms. The lowest BCUT2D eigenvalue weighted by molar-refractivity contribution is 0.313. The van der Waals surface area contributed by atoms with Crippen molar-refractivity contribution in [2.75, 3.05) is 38.1 Å². The minimum atomic E-state index is 1.05. The predicted molar refractivity (Wildman–Crippen MR) is 77.2 cm³/mol. The minimum Gasteiger partial charge on any atom is -0.367 e. The Bertz CT molecular complexity index is 533. The molecular weight excluding hydrogens is 236 g/mol. The van der Waals surface area contributed by atoms with E-state index in [1.807, 2.05) is 36.8 Å². The molecule has 0 atom stereocenters. The van der Waals surface area contributed by atoms with Crippen molar-refractivity contribution < 1.29 is 0 Å². The third kappa shape index (κ3) is 2.58. The molecule has 0 radical (unpaired) electrons. The summed E-state index contributed by atoms with van der Waals surface area (Å²) >= 11 is 0. The Balaban J connectivity index is 1.94. The van der Waals surface area contributed by atoms with Crippen molar-refractivity contribution in [3.8, 4) is 11.3 Å². The molecule has 0 aromatic carbocycles. The monoisotopic (exact) mass is 254 g/mol. The van der Waals surface area contributed by atoms with Crippen LogP contribution in [0.4, 0.5) is 5.69 Å². The van der Waals surface area contributed by atoms with Gasteiger partial charge < -0.3 is 9.80 Å². The van der Waals surface area contributed by atoms with E-state index in [0.29, 0.717) is 0 Å². The highest BCUT2D eigenvalue weighted by Crippen LogP contribution is 2.28. The second-order valence-corrected chi connectivity index (χ2v) is 4.90. The summed E-state index contributed by atoms with van der Waals surface area (Å²) < 4.78 is 0. The second-order valence-electron chi connectivity index (χ2n) is 4.90. The predicted octanol–water partition coefficient (Wildman–Crippen LogP) is 1.90. The summed E-state index contributed by atoms with van der Waals surface area (Å²) in [5.74, 6) is 0. The molecule has 2 aromatic heterocycles. The SMILES string of the molecule is CN1CCN(c2cccnc2-c2ccncc2)CC1. The van der Waals surface area contributed by atoms with Crippen LogP contribution in [-0.2, 0) is 0 Å². The zero-order valence-electron chi connectivity index (χ0n) is 11.2. The maximum absolute atomic E-state index is 4.56. The maximum Gasteiger partial charge on any atom is 0.0936 e. The molecule has 0 unspecified atom stereocenters. The van der Waals surface area contributed by atoms with Crippen LogP contribution < -0.4 is 4.90 Å². The fourth-order valence-corrected chi connectivity index (χ4v) is 2.43. The van der Waals surface area contributed by atoms with Gasteiger partial charge in [0.15, 0.2) is 0 Å². The van der Waals surface area contributed by atoms with Gasteiger partial charge in [0.2, 0.25) is 0 Å². The highest BCUT2D eigenvalue weighted by atomic mass is 15.2. The number of pyridine rings is 2. The van der Waals surface area contributed by atoms with Gasteiger partial charge in [0.25, 0.3) is 0 Å². The number of piperazine rings is 1. The van der Waals surface area contributed by atoms with Crippen molar-refractivity contribution in [1.29, 1.82) is 0 Å². The van der Waals surface area contributed by atoms with Crippen molar-refractivity contribution in [3.63, 3.8) is 0 Å². The van der Waals surface area contributed by atoms with E-state index in [2.05, 4.69) is 32.9 Å². The third-order valence-electron chi connectivity index (χ3n) is 3.58. The summed E-state index contributed by atoms with van der Waals surface area (Å²) in [6, 6.07) is 8.20. The standard InChI is InChI=1S/C15H18N4/c1-18-9-11-19(12-10-18)14-3-2-6-17-15(14)13-4-7-16-8-5-13/h2-8H,9-12H2,1H3. The number of nitrogens with zero attached hydrogens (tertiary/aromatic N) is 4. The summed E-state index contributed by atoms with van der Waals surface area (Å²) in [7, 11) is 2.17. The van der Waals surface area contributed by atoms with E-state index in [0.717, 1.165) is 37.4 Å². The van der Waals surface area contributed by atoms with E-state index in [4.69, 9.17) is 0 Å². The molecule has 0 spiro atoms. The van der Waals surface area contributed by atoms with Crippen LogP contribution in [0, 0.1) is 0 Å². The van der Waals surface area contributed by atoms with E-state index in [-0.39, 0.29) is 0 Å². The summed E-state index contributed by atoms with van der Waals surface area (Å²) in [6.45, 7) is 4.32. The summed E-state index contributed by atoms with van der Waals surface area (Å²) in [5, 5.41) is 0. The Hall–Kier alpha value is -1.94. The molecule has 0 aliphatic carbocycles. The van der Waals surface area contributed by atoms with E-state index in [9.17, 15) is 0 Å². The van der Waals surface area contributed by atoms with Gasteiger partial charge in [-0.1, -0.05) is 0 Å². The van der Waals surface area contributed by atoms with Crippen molar-refractivity contribution in [2.24, 2.45) is 0 Å². The number of hydrogen-bond acceptors (Lipinski definition) is 4. The molecule has 1 aliphatic heterocycles. The van der Waals surface area contributed by atoms with Gasteiger partial charge >= 0.3 is 0 Å². The Labute approximate surface area is 113 Å². The van der Waals surface area contributed by atoms with Crippen LogP contribution in [-0.4, -0.2) is 48.1 Å². The van der Waals surface area contributed by atoms with Gasteiger partial charge in [-0.25, -0.2) is 0 Å². The molecule has 19 heavy (non-hydrogen) atoms. The maximum atomic E-state index is 4.56. The van der Waals surface area contributed by atoms with E-state index in [1.165, 1.54) is 5.69 Å². The van der Waals surface area contributed by atoms with Crippen LogP contribution in [0.1, 0.15) is 0 Å². The fraction of sp³-hybridized carbons (Fsp3) is 0.333. The van der Waals surface area contributed by atoms with E-state index < -0.39 is 0 Å². The first kappa shape index (κ1) is 12.1. The van der Waals surface area contributed by atoms with Crippen molar-refractivity contribution in [3.05, 3.63) is 42.9 Å². The minimum absolute atomic E-state index is 1.05. The fourth-order valence-electron chi connectivity index (χ4n) is 2.43. The van der Waals surface area contributed by atoms with Gasteiger partial charge in [-0.2, -0.15) is 0 Å². The smallest absolute Gasteiger partial charge is 0.0936 e. The van der Waals surface area contributed by atoms with Crippen LogP contribution >= 0.6 is 0 Å². The lowest BCUT2D eigenvalue weighted by atomic mass is 10.1. The molecule has 98 valence electrons. The number of likely N-dealkylation sites (N-methyl/N-ethyl adjacent to an activating group) is 1. The molecule has 0 bridgehead atoms. The Morgan fingerprint density at radius 2 is 1.68 bits per heavy atom. The molecule has 2 aromatic rings. The molecule has 0 N–H and O–H groups in total. The molecule has 0 saturated carbocycles. The highest BCUT2D eigenvalue weighted by Gasteiger charge is 2.17. The van der Waals surface area contributed by atoms with Gasteiger partial charge in [-0.15, -0.1) is 0 Å². The molecule has 0 amide bonds. The van der Waals surface area contributed by atoms with Crippen LogP contribution in [0.3, 0.4) is 0 Å². The van der Waals surface area contributed by atoms with Crippen LogP contribution in [0.5, 0.6) is 0 Å². The van der Waals surface area contributed by atoms with Gasteiger partial charge in [0.1, 0.15) is 0 Å². The quantitative estimate of drug-likeness (QED) is 0.819. The Morgan fingerprint density at radius 1 is 0.947 bits per heavy atom. The number of rotatable bonds is 2. The Kier molecular flexibility index (Phi) is 3.42. The molecule has 1 fully saturated rings. The van der Waals surface area contributed by atoms with Crippen LogP contribution in [0.25, 0.3) is 11.3 Å². The van der Waals surface area contributed by atoms with Crippen LogP contribution in [0.15, 0.2) is 42.9 Å². The normalized spacial score (nSPS) is 16.6. The highest BCUT2D eigenvalue weighted by molar-refractivity contribution is 5.74. The molecular formula is C15H18N4. The lowest BCUT2D eigenvalue weighted by Gasteiger charge is -2.34. The first-order valence-electron chi connectivity index (χ1n) is 6.63. The average molecular weight is 254 g/mol. The first-order chi connectivity index (χ1) is 9.34. The topological polar surface area (TPSA) is 32.3 Å². The Morgan fingerprint density at radius 3 is 2.42 bits per heavy atom. The van der Waals surface area contributed by atoms with Crippen molar-refractivity contribution >= 4 is 5.69 Å². The molecule has 1 saturated heterocycles. The first-order valence-corrected chi connectivity index (χ1v) is 6.63. The molecule has 1 aliphatic rings. The van der Waals surface area contributed by atoms with Gasteiger partial charge in [-0.05, 0) is 31.3 Å². The van der Waals surface area contributed by atoms with Gasteiger partial charge in [0.05, 0.1) is 11.4 Å². The lowest BCUT2D eigenvalue weighted by Crippen LogP contribution is -2.44.